The first-order valence-electron chi connectivity index (χ1n) is 4.83. The Morgan fingerprint density at radius 1 is 1.47 bits per heavy atom. The van der Waals surface area contributed by atoms with E-state index < -0.39 is 0 Å². The van der Waals surface area contributed by atoms with Crippen LogP contribution in [-0.2, 0) is 4.74 Å². The minimum atomic E-state index is -0.260. The number of hydrogen-bond acceptors (Lipinski definition) is 2. The largest absolute Gasteiger partial charge is 1.00 e. The van der Waals surface area contributed by atoms with Gasteiger partial charge in [0.05, 0.1) is 12.2 Å². The highest BCUT2D eigenvalue weighted by molar-refractivity contribution is 5.90. The molecule has 3 N–H and O–H groups in total. The molecule has 1 aromatic carbocycles. The average molecular weight is 230 g/mol. The van der Waals surface area contributed by atoms with Gasteiger partial charge in [0, 0.05) is 6.07 Å². The lowest BCUT2D eigenvalue weighted by atomic mass is 10.2. The molecule has 1 aromatic rings. The number of benzene rings is 1. The molecule has 0 radical (unpaired) electrons. The number of quaternary nitrogens is 1. The second-order valence-electron chi connectivity index (χ2n) is 3.19. The standard InChI is InChI=1S/C11H15NO2.ClH/c1-2-3-7-14-11(13)9-5-4-6-10(12)8-9;/h4-6,8H,2-3,7,12H2,1H3;1H. The highest BCUT2D eigenvalue weighted by Crippen LogP contribution is 2.06. The fourth-order valence-corrected chi connectivity index (χ4v) is 1.09. The van der Waals surface area contributed by atoms with Crippen molar-refractivity contribution < 1.29 is 27.7 Å². The van der Waals surface area contributed by atoms with Crippen LogP contribution in [0, 0.1) is 0 Å². The van der Waals surface area contributed by atoms with Gasteiger partial charge >= 0.3 is 5.97 Å². The van der Waals surface area contributed by atoms with Gasteiger partial charge in [-0.1, -0.05) is 19.4 Å². The molecule has 3 nitrogen and oxygen atoms in total. The molecule has 4 heteroatoms. The molecule has 0 fully saturated rings. The number of hydrogen-bond donors (Lipinski definition) is 1. The Morgan fingerprint density at radius 3 is 2.80 bits per heavy atom. The minimum absolute atomic E-state index is 0. The summed E-state index contributed by atoms with van der Waals surface area (Å²) in [5, 5.41) is 0. The molecule has 84 valence electrons. The van der Waals surface area contributed by atoms with Crippen LogP contribution in [0.15, 0.2) is 24.3 Å². The van der Waals surface area contributed by atoms with E-state index in [1.54, 1.807) is 18.2 Å². The lowest BCUT2D eigenvalue weighted by molar-refractivity contribution is -0.254. The van der Waals surface area contributed by atoms with E-state index in [2.05, 4.69) is 12.7 Å². The van der Waals surface area contributed by atoms with E-state index in [-0.39, 0.29) is 18.4 Å². The van der Waals surface area contributed by atoms with Gasteiger partial charge in [-0.25, -0.2) is 4.79 Å². The van der Waals surface area contributed by atoms with Crippen LogP contribution in [0.3, 0.4) is 0 Å². The third-order valence-corrected chi connectivity index (χ3v) is 1.89. The summed E-state index contributed by atoms with van der Waals surface area (Å²) < 4.78 is 5.06. The van der Waals surface area contributed by atoms with Gasteiger partial charge in [0.15, 0.2) is 0 Å². The summed E-state index contributed by atoms with van der Waals surface area (Å²) in [4.78, 5) is 11.4. The molecule has 0 aliphatic carbocycles. The molecule has 0 amide bonds. The van der Waals surface area contributed by atoms with Crippen molar-refractivity contribution in [1.29, 1.82) is 0 Å². The molecule has 0 aromatic heterocycles. The topological polar surface area (TPSA) is 53.9 Å². The number of ether oxygens (including phenoxy) is 1. The molecule has 0 aliphatic rings. The van der Waals surface area contributed by atoms with E-state index in [1.807, 2.05) is 6.07 Å². The summed E-state index contributed by atoms with van der Waals surface area (Å²) in [6.07, 6.45) is 1.94. The predicted molar refractivity (Wildman–Crippen MR) is 54.2 cm³/mol. The molecule has 0 aliphatic heterocycles. The predicted octanol–water partition coefficient (Wildman–Crippen LogP) is -1.48. The van der Waals surface area contributed by atoms with Gasteiger partial charge in [-0.2, -0.15) is 0 Å². The van der Waals surface area contributed by atoms with E-state index in [0.29, 0.717) is 12.2 Å². The van der Waals surface area contributed by atoms with E-state index >= 15 is 0 Å². The van der Waals surface area contributed by atoms with Crippen molar-refractivity contribution in [2.24, 2.45) is 0 Å². The molecule has 1 rings (SSSR count). The molecule has 0 saturated heterocycles. The number of carbonyl (C=O) groups excluding carboxylic acids is 1. The number of carbonyl (C=O) groups is 1. The van der Waals surface area contributed by atoms with Crippen LogP contribution in [0.5, 0.6) is 0 Å². The van der Waals surface area contributed by atoms with Gasteiger partial charge in [0.25, 0.3) is 0 Å². The summed E-state index contributed by atoms with van der Waals surface area (Å²) in [6, 6.07) is 7.12. The van der Waals surface area contributed by atoms with Gasteiger partial charge in [0.1, 0.15) is 5.69 Å². The van der Waals surface area contributed by atoms with Gasteiger partial charge in [-0.05, 0) is 18.6 Å². The van der Waals surface area contributed by atoms with Crippen LogP contribution >= 0.6 is 0 Å². The molecule has 0 bridgehead atoms. The first kappa shape index (κ1) is 13.9. The van der Waals surface area contributed by atoms with Crippen LogP contribution in [0.1, 0.15) is 30.1 Å². The first-order valence-corrected chi connectivity index (χ1v) is 4.83. The van der Waals surface area contributed by atoms with Crippen molar-refractivity contribution in [2.45, 2.75) is 19.8 Å². The van der Waals surface area contributed by atoms with Crippen molar-refractivity contribution in [3.8, 4) is 0 Å². The summed E-state index contributed by atoms with van der Waals surface area (Å²) in [5.74, 6) is -0.260. The Labute approximate surface area is 96.0 Å². The highest BCUT2D eigenvalue weighted by atomic mass is 35.5. The van der Waals surface area contributed by atoms with Crippen molar-refractivity contribution >= 4 is 11.7 Å². The Balaban J connectivity index is 0.00000196. The molecule has 0 unspecified atom stereocenters. The third kappa shape index (κ3) is 4.81. The molecular formula is C11H16ClNO2. The maximum absolute atomic E-state index is 11.4. The number of halogens is 1. The van der Waals surface area contributed by atoms with Crippen molar-refractivity contribution in [2.75, 3.05) is 6.61 Å². The Kier molecular flexibility index (Phi) is 6.75. The molecular weight excluding hydrogens is 214 g/mol. The minimum Gasteiger partial charge on any atom is -1.00 e. The highest BCUT2D eigenvalue weighted by Gasteiger charge is 2.06. The molecule has 0 spiro atoms. The quantitative estimate of drug-likeness (QED) is 0.506. The zero-order chi connectivity index (χ0) is 10.4. The van der Waals surface area contributed by atoms with Crippen molar-refractivity contribution in [1.82, 2.24) is 0 Å². The monoisotopic (exact) mass is 229 g/mol. The molecule has 15 heavy (non-hydrogen) atoms. The van der Waals surface area contributed by atoms with E-state index in [9.17, 15) is 4.79 Å². The average Bonchev–Trinajstić information content (AvgIpc) is 2.18. The number of esters is 1. The Bertz CT molecular complexity index is 315. The summed E-state index contributed by atoms with van der Waals surface area (Å²) >= 11 is 0. The van der Waals surface area contributed by atoms with E-state index in [1.165, 1.54) is 0 Å². The van der Waals surface area contributed by atoms with Crippen LogP contribution in [0.4, 0.5) is 5.69 Å². The second kappa shape index (κ2) is 7.26. The van der Waals surface area contributed by atoms with Crippen molar-refractivity contribution in [3.05, 3.63) is 29.8 Å². The lowest BCUT2D eigenvalue weighted by Crippen LogP contribution is -3.00. The summed E-state index contributed by atoms with van der Waals surface area (Å²) in [7, 11) is 0. The number of unbranched alkanes of at least 4 members (excludes halogenated alkanes) is 1. The fraction of sp³-hybridized carbons (Fsp3) is 0.364. The molecule has 0 saturated carbocycles. The zero-order valence-electron chi connectivity index (χ0n) is 8.83. The van der Waals surface area contributed by atoms with Crippen LogP contribution in [0.25, 0.3) is 0 Å². The van der Waals surface area contributed by atoms with Gasteiger partial charge < -0.3 is 22.9 Å². The fourth-order valence-electron chi connectivity index (χ4n) is 1.09. The zero-order valence-corrected chi connectivity index (χ0v) is 9.59. The number of rotatable bonds is 4. The van der Waals surface area contributed by atoms with E-state index in [0.717, 1.165) is 18.5 Å². The normalized spacial score (nSPS) is 9.20. The maximum Gasteiger partial charge on any atom is 0.338 e. The van der Waals surface area contributed by atoms with Crippen molar-refractivity contribution in [3.63, 3.8) is 0 Å². The van der Waals surface area contributed by atoms with E-state index in [4.69, 9.17) is 4.74 Å². The first-order chi connectivity index (χ1) is 6.74. The molecule has 0 heterocycles. The van der Waals surface area contributed by atoms with Gasteiger partial charge in [-0.15, -0.1) is 0 Å². The van der Waals surface area contributed by atoms with Gasteiger partial charge in [-0.3, -0.25) is 0 Å². The van der Waals surface area contributed by atoms with Crippen LogP contribution in [0.2, 0.25) is 0 Å². The second-order valence-corrected chi connectivity index (χ2v) is 3.19. The Morgan fingerprint density at radius 2 is 2.20 bits per heavy atom. The Hall–Kier alpha value is -1.06. The lowest BCUT2D eigenvalue weighted by Gasteiger charge is -2.03. The summed E-state index contributed by atoms with van der Waals surface area (Å²) in [6.45, 7) is 2.56. The third-order valence-electron chi connectivity index (χ3n) is 1.89. The van der Waals surface area contributed by atoms with Crippen LogP contribution in [-0.4, -0.2) is 12.6 Å². The van der Waals surface area contributed by atoms with Crippen LogP contribution < -0.4 is 18.1 Å². The smallest absolute Gasteiger partial charge is 0.338 e. The molecule has 0 atom stereocenters. The maximum atomic E-state index is 11.4. The summed E-state index contributed by atoms with van der Waals surface area (Å²) in [5.41, 5.74) is 5.16. The van der Waals surface area contributed by atoms with Gasteiger partial charge in [0.2, 0.25) is 0 Å². The SMILES string of the molecule is CCCCOC(=O)c1cccc([NH3+])c1.[Cl-].